The van der Waals surface area contributed by atoms with Crippen molar-refractivity contribution in [3.05, 3.63) is 65.9 Å². The number of nitrogens with zero attached hydrogens (tertiary/aromatic N) is 2. The van der Waals surface area contributed by atoms with Gasteiger partial charge in [0.05, 0.1) is 11.1 Å². The van der Waals surface area contributed by atoms with Gasteiger partial charge in [-0.2, -0.15) is 0 Å². The van der Waals surface area contributed by atoms with Crippen LogP contribution in [0.2, 0.25) is 0 Å². The SMILES string of the molecule is CCn1ccc2cc(NC(=O)CCCN3C(=O)c4ccccc4C3=O)ccc21. The highest BCUT2D eigenvalue weighted by Gasteiger charge is 2.34. The second kappa shape index (κ2) is 7.31. The lowest BCUT2D eigenvalue weighted by molar-refractivity contribution is -0.116. The van der Waals surface area contributed by atoms with Crippen LogP contribution in [0, 0.1) is 0 Å². The molecule has 28 heavy (non-hydrogen) atoms. The van der Waals surface area contributed by atoms with E-state index in [4.69, 9.17) is 0 Å². The number of hydrogen-bond donors (Lipinski definition) is 1. The lowest BCUT2D eigenvalue weighted by Gasteiger charge is -2.13. The number of aromatic nitrogens is 1. The molecule has 0 unspecified atom stereocenters. The van der Waals surface area contributed by atoms with E-state index in [1.807, 2.05) is 30.5 Å². The molecule has 0 atom stereocenters. The fourth-order valence-electron chi connectivity index (χ4n) is 3.62. The summed E-state index contributed by atoms with van der Waals surface area (Å²) in [6, 6.07) is 14.7. The maximum atomic E-state index is 12.3. The predicted molar refractivity (Wildman–Crippen MR) is 107 cm³/mol. The van der Waals surface area contributed by atoms with Crippen LogP contribution >= 0.6 is 0 Å². The van der Waals surface area contributed by atoms with Gasteiger partial charge in [-0.3, -0.25) is 19.3 Å². The predicted octanol–water partition coefficient (Wildman–Crippen LogP) is 3.68. The zero-order valence-corrected chi connectivity index (χ0v) is 15.6. The molecule has 0 saturated carbocycles. The molecule has 0 spiro atoms. The van der Waals surface area contributed by atoms with Crippen molar-refractivity contribution in [2.24, 2.45) is 0 Å². The van der Waals surface area contributed by atoms with E-state index in [-0.39, 0.29) is 30.7 Å². The van der Waals surface area contributed by atoms with Gasteiger partial charge >= 0.3 is 0 Å². The largest absolute Gasteiger partial charge is 0.348 e. The number of aryl methyl sites for hydroxylation is 1. The van der Waals surface area contributed by atoms with Gasteiger partial charge in [-0.15, -0.1) is 0 Å². The number of nitrogens with one attached hydrogen (secondary N) is 1. The topological polar surface area (TPSA) is 71.4 Å². The van der Waals surface area contributed by atoms with Gasteiger partial charge in [0.25, 0.3) is 11.8 Å². The fraction of sp³-hybridized carbons (Fsp3) is 0.227. The number of carbonyl (C=O) groups is 3. The van der Waals surface area contributed by atoms with Gasteiger partial charge in [-0.25, -0.2) is 0 Å². The van der Waals surface area contributed by atoms with Crippen molar-refractivity contribution >= 4 is 34.3 Å². The van der Waals surface area contributed by atoms with E-state index in [9.17, 15) is 14.4 Å². The number of rotatable bonds is 6. The summed E-state index contributed by atoms with van der Waals surface area (Å²) in [6.45, 7) is 3.22. The molecule has 3 amide bonds. The third kappa shape index (κ3) is 3.17. The van der Waals surface area contributed by atoms with E-state index < -0.39 is 0 Å². The highest BCUT2D eigenvalue weighted by molar-refractivity contribution is 6.21. The molecule has 1 N–H and O–H groups in total. The third-order valence-corrected chi connectivity index (χ3v) is 5.06. The Hall–Kier alpha value is -3.41. The first-order chi connectivity index (χ1) is 13.6. The molecular formula is C22H21N3O3. The van der Waals surface area contributed by atoms with Crippen LogP contribution in [0.5, 0.6) is 0 Å². The minimum Gasteiger partial charge on any atom is -0.348 e. The van der Waals surface area contributed by atoms with Gasteiger partial charge in [-0.05, 0) is 49.7 Å². The highest BCUT2D eigenvalue weighted by atomic mass is 16.2. The van der Waals surface area contributed by atoms with Crippen LogP contribution in [-0.4, -0.2) is 33.7 Å². The van der Waals surface area contributed by atoms with Gasteiger partial charge in [0.1, 0.15) is 0 Å². The first-order valence-electron chi connectivity index (χ1n) is 9.42. The van der Waals surface area contributed by atoms with Crippen molar-refractivity contribution in [3.8, 4) is 0 Å². The average molecular weight is 375 g/mol. The van der Waals surface area contributed by atoms with Crippen LogP contribution < -0.4 is 5.32 Å². The molecule has 1 aliphatic heterocycles. The summed E-state index contributed by atoms with van der Waals surface area (Å²) in [5, 5.41) is 3.96. The van der Waals surface area contributed by atoms with E-state index in [0.29, 0.717) is 17.5 Å². The molecule has 4 rings (SSSR count). The van der Waals surface area contributed by atoms with Gasteiger partial charge in [-0.1, -0.05) is 12.1 Å². The number of anilines is 1. The minimum absolute atomic E-state index is 0.133. The maximum absolute atomic E-state index is 12.3. The van der Waals surface area contributed by atoms with Crippen LogP contribution in [0.3, 0.4) is 0 Å². The Balaban J connectivity index is 1.33. The lowest BCUT2D eigenvalue weighted by atomic mass is 10.1. The molecule has 0 fully saturated rings. The molecular weight excluding hydrogens is 354 g/mol. The first kappa shape index (κ1) is 18.0. The Kier molecular flexibility index (Phi) is 4.69. The van der Waals surface area contributed by atoms with Crippen molar-refractivity contribution < 1.29 is 14.4 Å². The quantitative estimate of drug-likeness (QED) is 0.668. The standard InChI is InChI=1S/C22H21N3O3/c1-2-24-13-11-15-14-16(9-10-19(15)24)23-20(26)8-5-12-25-21(27)17-6-3-4-7-18(17)22(25)28/h3-4,6-7,9-11,13-14H,2,5,8,12H2,1H3,(H,23,26). The lowest BCUT2D eigenvalue weighted by Crippen LogP contribution is -2.31. The number of amides is 3. The number of carbonyl (C=O) groups excluding carboxylic acids is 3. The molecule has 1 aliphatic rings. The zero-order chi connectivity index (χ0) is 19.7. The van der Waals surface area contributed by atoms with E-state index in [1.54, 1.807) is 24.3 Å². The van der Waals surface area contributed by atoms with Crippen LogP contribution in [-0.2, 0) is 11.3 Å². The van der Waals surface area contributed by atoms with Crippen molar-refractivity contribution in [1.82, 2.24) is 9.47 Å². The van der Waals surface area contributed by atoms with Crippen LogP contribution in [0.4, 0.5) is 5.69 Å². The van der Waals surface area contributed by atoms with E-state index in [0.717, 1.165) is 23.1 Å². The Morgan fingerprint density at radius 1 is 1.00 bits per heavy atom. The molecule has 0 aliphatic carbocycles. The molecule has 0 saturated heterocycles. The molecule has 6 nitrogen and oxygen atoms in total. The minimum atomic E-state index is -0.285. The van der Waals surface area contributed by atoms with Crippen molar-refractivity contribution in [2.45, 2.75) is 26.3 Å². The van der Waals surface area contributed by atoms with Crippen LogP contribution in [0.25, 0.3) is 10.9 Å². The summed E-state index contributed by atoms with van der Waals surface area (Å²) >= 11 is 0. The summed E-state index contributed by atoms with van der Waals surface area (Å²) in [6.07, 6.45) is 2.69. The summed E-state index contributed by atoms with van der Waals surface area (Å²) < 4.78 is 2.14. The summed E-state index contributed by atoms with van der Waals surface area (Å²) in [4.78, 5) is 38.1. The molecule has 2 heterocycles. The normalized spacial score (nSPS) is 13.2. The number of benzene rings is 2. The molecule has 6 heteroatoms. The Morgan fingerprint density at radius 2 is 1.71 bits per heavy atom. The van der Waals surface area contributed by atoms with E-state index >= 15 is 0 Å². The molecule has 142 valence electrons. The smallest absolute Gasteiger partial charge is 0.261 e. The molecule has 1 aromatic heterocycles. The van der Waals surface area contributed by atoms with Gasteiger partial charge < -0.3 is 9.88 Å². The second-order valence-corrected chi connectivity index (χ2v) is 6.83. The average Bonchev–Trinajstić information content (AvgIpc) is 3.22. The summed E-state index contributed by atoms with van der Waals surface area (Å²) in [7, 11) is 0. The first-order valence-corrected chi connectivity index (χ1v) is 9.42. The molecule has 3 aromatic rings. The van der Waals surface area contributed by atoms with Gasteiger partial charge in [0.2, 0.25) is 5.91 Å². The Morgan fingerprint density at radius 3 is 2.39 bits per heavy atom. The van der Waals surface area contributed by atoms with Gasteiger partial charge in [0, 0.05) is 42.3 Å². The van der Waals surface area contributed by atoms with E-state index in [1.165, 1.54) is 4.90 Å². The molecule has 2 aromatic carbocycles. The van der Waals surface area contributed by atoms with Crippen molar-refractivity contribution in [1.29, 1.82) is 0 Å². The number of fused-ring (bicyclic) bond motifs is 2. The number of imide groups is 1. The second-order valence-electron chi connectivity index (χ2n) is 6.83. The Bertz CT molecular complexity index is 1050. The van der Waals surface area contributed by atoms with Crippen LogP contribution in [0.15, 0.2) is 54.7 Å². The van der Waals surface area contributed by atoms with Crippen molar-refractivity contribution in [3.63, 3.8) is 0 Å². The van der Waals surface area contributed by atoms with Crippen LogP contribution in [0.1, 0.15) is 40.5 Å². The zero-order valence-electron chi connectivity index (χ0n) is 15.6. The Labute approximate surface area is 162 Å². The van der Waals surface area contributed by atoms with E-state index in [2.05, 4.69) is 16.8 Å². The highest BCUT2D eigenvalue weighted by Crippen LogP contribution is 2.23. The maximum Gasteiger partial charge on any atom is 0.261 e. The monoisotopic (exact) mass is 375 g/mol. The molecule has 0 bridgehead atoms. The van der Waals surface area contributed by atoms with Gasteiger partial charge in [0.15, 0.2) is 0 Å². The summed E-state index contributed by atoms with van der Waals surface area (Å²) in [5.41, 5.74) is 2.74. The number of hydrogen-bond acceptors (Lipinski definition) is 3. The fourth-order valence-corrected chi connectivity index (χ4v) is 3.62. The van der Waals surface area contributed by atoms with Crippen molar-refractivity contribution in [2.75, 3.05) is 11.9 Å². The molecule has 0 radical (unpaired) electrons. The third-order valence-electron chi connectivity index (χ3n) is 5.06. The summed E-state index contributed by atoms with van der Waals surface area (Å²) in [5.74, 6) is -0.704.